The number of nitrogen functional groups attached to an aromatic ring is 1. The summed E-state index contributed by atoms with van der Waals surface area (Å²) in [5, 5.41) is 7.49. The fourth-order valence-corrected chi connectivity index (χ4v) is 3.08. The zero-order valence-electron chi connectivity index (χ0n) is 13.4. The van der Waals surface area contributed by atoms with E-state index in [0.29, 0.717) is 18.7 Å². The molecule has 0 aliphatic carbocycles. The molecule has 1 aliphatic rings. The number of carbonyl (C=O) groups is 1. The summed E-state index contributed by atoms with van der Waals surface area (Å²) in [6, 6.07) is 3.49. The number of hydrogen-bond donors (Lipinski definition) is 2. The fraction of sp³-hybridized carbons (Fsp3) is 0.438. The molecule has 1 aliphatic heterocycles. The summed E-state index contributed by atoms with van der Waals surface area (Å²) in [7, 11) is 0. The first kappa shape index (κ1) is 16.7. The quantitative estimate of drug-likeness (QED) is 0.861. The summed E-state index contributed by atoms with van der Waals surface area (Å²) >= 11 is 5.91. The number of ether oxygens (including phenoxy) is 1. The molecule has 0 aromatic carbocycles. The number of aryl methyl sites for hydroxylation is 1. The van der Waals surface area contributed by atoms with Crippen LogP contribution in [0.5, 0.6) is 0 Å². The number of carbonyl (C=O) groups excluding carboxylic acids is 1. The van der Waals surface area contributed by atoms with E-state index < -0.39 is 0 Å². The van der Waals surface area contributed by atoms with E-state index in [1.807, 2.05) is 17.7 Å². The molecule has 0 spiro atoms. The molecule has 0 saturated carbocycles. The Balaban J connectivity index is 1.65. The zero-order valence-corrected chi connectivity index (χ0v) is 14.2. The highest BCUT2D eigenvalue weighted by atomic mass is 35.5. The number of nitrogens with one attached hydrogen (secondary N) is 1. The van der Waals surface area contributed by atoms with Crippen molar-refractivity contribution in [3.05, 3.63) is 40.8 Å². The summed E-state index contributed by atoms with van der Waals surface area (Å²) in [4.78, 5) is 16.2. The lowest BCUT2D eigenvalue weighted by Gasteiger charge is -2.20. The fourth-order valence-electron chi connectivity index (χ4n) is 2.92. The van der Waals surface area contributed by atoms with Crippen molar-refractivity contribution >= 4 is 23.3 Å². The Kier molecular flexibility index (Phi) is 5.01. The normalized spacial score (nSPS) is 20.2. The highest BCUT2D eigenvalue weighted by Crippen LogP contribution is 2.34. The largest absolute Gasteiger partial charge is 0.382 e. The summed E-state index contributed by atoms with van der Waals surface area (Å²) in [5.41, 5.74) is 7.00. The van der Waals surface area contributed by atoms with Crippen LogP contribution in [0.2, 0.25) is 5.02 Å². The second-order valence-corrected chi connectivity index (χ2v) is 6.12. The monoisotopic (exact) mass is 349 g/mol. The molecule has 2 aromatic rings. The molecule has 7 nitrogen and oxygen atoms in total. The van der Waals surface area contributed by atoms with E-state index in [-0.39, 0.29) is 28.8 Å². The number of pyridine rings is 1. The molecule has 1 fully saturated rings. The van der Waals surface area contributed by atoms with E-state index in [4.69, 9.17) is 22.1 Å². The van der Waals surface area contributed by atoms with E-state index >= 15 is 0 Å². The highest BCUT2D eigenvalue weighted by Gasteiger charge is 2.32. The second-order valence-electron chi connectivity index (χ2n) is 5.71. The van der Waals surface area contributed by atoms with E-state index in [1.54, 1.807) is 6.20 Å². The molecule has 2 aromatic heterocycles. The molecule has 1 saturated heterocycles. The van der Waals surface area contributed by atoms with Crippen LogP contribution in [-0.4, -0.2) is 33.8 Å². The standard InChI is InChI=1S/C16H20ClN5O2/c1-2-22-13(3-5-21-22)14-10(4-6-24-14)8-20-16(23)11-7-12(17)15(18)19-9-11/h3,5,7,9-10,14H,2,4,6,8H2,1H3,(H2,18,19)(H,20,23)/t10-,14+/m0/s1. The van der Waals surface area contributed by atoms with Crippen LogP contribution >= 0.6 is 11.6 Å². The van der Waals surface area contributed by atoms with Crippen LogP contribution in [0.1, 0.15) is 35.5 Å². The van der Waals surface area contributed by atoms with E-state index in [1.165, 1.54) is 12.3 Å². The van der Waals surface area contributed by atoms with Crippen molar-refractivity contribution in [1.29, 1.82) is 0 Å². The van der Waals surface area contributed by atoms with Crippen LogP contribution in [0, 0.1) is 5.92 Å². The smallest absolute Gasteiger partial charge is 0.252 e. The van der Waals surface area contributed by atoms with Gasteiger partial charge in [0.15, 0.2) is 0 Å². The summed E-state index contributed by atoms with van der Waals surface area (Å²) in [6.07, 6.45) is 4.03. The van der Waals surface area contributed by atoms with Gasteiger partial charge in [-0.3, -0.25) is 9.48 Å². The summed E-state index contributed by atoms with van der Waals surface area (Å²) in [5.74, 6) is 0.192. The maximum absolute atomic E-state index is 12.3. The van der Waals surface area contributed by atoms with Gasteiger partial charge in [-0.2, -0.15) is 5.10 Å². The lowest BCUT2D eigenvalue weighted by Crippen LogP contribution is -2.31. The molecule has 24 heavy (non-hydrogen) atoms. The van der Waals surface area contributed by atoms with Crippen LogP contribution in [0.3, 0.4) is 0 Å². The van der Waals surface area contributed by atoms with E-state index in [9.17, 15) is 4.79 Å². The van der Waals surface area contributed by atoms with Gasteiger partial charge in [0.1, 0.15) is 11.9 Å². The predicted molar refractivity (Wildman–Crippen MR) is 90.7 cm³/mol. The number of hydrogen-bond acceptors (Lipinski definition) is 5. The van der Waals surface area contributed by atoms with Crippen LogP contribution in [-0.2, 0) is 11.3 Å². The molecule has 0 radical (unpaired) electrons. The van der Waals surface area contributed by atoms with Crippen molar-refractivity contribution in [2.45, 2.75) is 26.0 Å². The maximum Gasteiger partial charge on any atom is 0.252 e. The minimum absolute atomic E-state index is 0.0547. The number of anilines is 1. The van der Waals surface area contributed by atoms with Gasteiger partial charge in [0.2, 0.25) is 0 Å². The first-order valence-electron chi connectivity index (χ1n) is 7.92. The lowest BCUT2D eigenvalue weighted by atomic mass is 9.98. The number of nitrogens with zero attached hydrogens (tertiary/aromatic N) is 3. The molecular weight excluding hydrogens is 330 g/mol. The van der Waals surface area contributed by atoms with Crippen molar-refractivity contribution in [3.63, 3.8) is 0 Å². The molecule has 3 rings (SSSR count). The number of aromatic nitrogens is 3. The molecule has 3 heterocycles. The van der Waals surface area contributed by atoms with E-state index in [2.05, 4.69) is 15.4 Å². The van der Waals surface area contributed by atoms with Crippen molar-refractivity contribution in [2.24, 2.45) is 5.92 Å². The Morgan fingerprint density at radius 1 is 1.58 bits per heavy atom. The first-order valence-corrected chi connectivity index (χ1v) is 8.30. The van der Waals surface area contributed by atoms with Crippen LogP contribution in [0.15, 0.2) is 24.5 Å². The minimum Gasteiger partial charge on any atom is -0.382 e. The van der Waals surface area contributed by atoms with Crippen LogP contribution in [0.25, 0.3) is 0 Å². The number of nitrogens with two attached hydrogens (primary N) is 1. The molecule has 3 N–H and O–H groups in total. The molecular formula is C16H20ClN5O2. The van der Waals surface area contributed by atoms with Crippen LogP contribution < -0.4 is 11.1 Å². The topological polar surface area (TPSA) is 95.1 Å². The van der Waals surface area contributed by atoms with Gasteiger partial charge in [0.05, 0.1) is 16.3 Å². The van der Waals surface area contributed by atoms with Gasteiger partial charge in [0, 0.05) is 38.0 Å². The molecule has 128 valence electrons. The van der Waals surface area contributed by atoms with Gasteiger partial charge in [0.25, 0.3) is 5.91 Å². The molecule has 2 atom stereocenters. The Hall–Kier alpha value is -2.12. The van der Waals surface area contributed by atoms with Crippen molar-refractivity contribution < 1.29 is 9.53 Å². The summed E-state index contributed by atoms with van der Waals surface area (Å²) < 4.78 is 7.79. The maximum atomic E-state index is 12.3. The zero-order chi connectivity index (χ0) is 17.1. The van der Waals surface area contributed by atoms with Gasteiger partial charge < -0.3 is 15.8 Å². The third-order valence-corrected chi connectivity index (χ3v) is 4.51. The number of amides is 1. The second kappa shape index (κ2) is 7.19. The predicted octanol–water partition coefficient (Wildman–Crippen LogP) is 2.04. The number of rotatable bonds is 5. The minimum atomic E-state index is -0.223. The van der Waals surface area contributed by atoms with Crippen molar-refractivity contribution in [2.75, 3.05) is 18.9 Å². The molecule has 0 bridgehead atoms. The van der Waals surface area contributed by atoms with Crippen molar-refractivity contribution in [3.8, 4) is 0 Å². The molecule has 0 unspecified atom stereocenters. The number of halogens is 1. The Bertz CT molecular complexity index is 733. The lowest BCUT2D eigenvalue weighted by molar-refractivity contribution is 0.0795. The Morgan fingerprint density at radius 2 is 2.42 bits per heavy atom. The molecule has 8 heteroatoms. The SMILES string of the molecule is CCn1nccc1[C@@H]1OCC[C@H]1CNC(=O)c1cnc(N)c(Cl)c1. The van der Waals surface area contributed by atoms with Gasteiger partial charge in [-0.25, -0.2) is 4.98 Å². The third-order valence-electron chi connectivity index (χ3n) is 4.21. The van der Waals surface area contributed by atoms with Crippen LogP contribution in [0.4, 0.5) is 5.82 Å². The third kappa shape index (κ3) is 3.37. The van der Waals surface area contributed by atoms with Crippen molar-refractivity contribution in [1.82, 2.24) is 20.1 Å². The average molecular weight is 350 g/mol. The first-order chi connectivity index (χ1) is 11.6. The van der Waals surface area contributed by atoms with Gasteiger partial charge >= 0.3 is 0 Å². The molecule has 1 amide bonds. The van der Waals surface area contributed by atoms with Gasteiger partial charge in [-0.1, -0.05) is 11.6 Å². The highest BCUT2D eigenvalue weighted by molar-refractivity contribution is 6.33. The van der Waals surface area contributed by atoms with Gasteiger partial charge in [-0.05, 0) is 25.5 Å². The average Bonchev–Trinajstić information content (AvgIpc) is 3.22. The van der Waals surface area contributed by atoms with E-state index in [0.717, 1.165) is 18.7 Å². The Labute approximate surface area is 145 Å². The van der Waals surface area contributed by atoms with Gasteiger partial charge in [-0.15, -0.1) is 0 Å². The Morgan fingerprint density at radius 3 is 3.17 bits per heavy atom. The summed E-state index contributed by atoms with van der Waals surface area (Å²) in [6.45, 7) is 4.02.